The molecule has 88 valence electrons. The van der Waals surface area contributed by atoms with Crippen LogP contribution in [0, 0.1) is 5.82 Å². The lowest BCUT2D eigenvalue weighted by atomic mass is 9.94. The molecule has 1 heterocycles. The zero-order valence-corrected chi connectivity index (χ0v) is 9.57. The predicted molar refractivity (Wildman–Crippen MR) is 62.7 cm³/mol. The first-order valence-electron chi connectivity index (χ1n) is 5.32. The maximum absolute atomic E-state index is 13.6. The van der Waals surface area contributed by atoms with Gasteiger partial charge in [-0.05, 0) is 17.5 Å². The minimum absolute atomic E-state index is 0.00611. The van der Waals surface area contributed by atoms with Crippen LogP contribution in [-0.2, 0) is 0 Å². The number of carboxylic acids is 1. The fourth-order valence-corrected chi connectivity index (χ4v) is 2.00. The van der Waals surface area contributed by atoms with E-state index < -0.39 is 11.8 Å². The van der Waals surface area contributed by atoms with Gasteiger partial charge in [0.1, 0.15) is 11.3 Å². The van der Waals surface area contributed by atoms with Gasteiger partial charge >= 0.3 is 5.97 Å². The quantitative estimate of drug-likeness (QED) is 0.866. The van der Waals surface area contributed by atoms with E-state index in [0.717, 1.165) is 0 Å². The number of nitrogens with zero attached hydrogens (tertiary/aromatic N) is 1. The maximum Gasteiger partial charge on any atom is 0.337 e. The number of aromatic nitrogens is 1. The number of benzene rings is 1. The monoisotopic (exact) mass is 233 g/mol. The molecule has 2 rings (SSSR count). The van der Waals surface area contributed by atoms with Crippen LogP contribution in [0.3, 0.4) is 0 Å². The first kappa shape index (κ1) is 11.5. The molecule has 4 heteroatoms. The molecule has 0 aliphatic heterocycles. The fourth-order valence-electron chi connectivity index (χ4n) is 2.00. The standard InChI is InChI=1S/C13H12FNO2/c1-7(2)11-8-4-3-5-10(14)12(8)15-6-9(11)13(16)17/h3-7H,1-2H3,(H,16,17). The molecule has 1 aromatic heterocycles. The zero-order chi connectivity index (χ0) is 12.6. The third-order valence-electron chi connectivity index (χ3n) is 2.70. The molecule has 1 N–H and O–H groups in total. The molecule has 0 amide bonds. The number of hydrogen-bond donors (Lipinski definition) is 1. The van der Waals surface area contributed by atoms with Crippen LogP contribution in [0.25, 0.3) is 10.9 Å². The topological polar surface area (TPSA) is 50.2 Å². The zero-order valence-electron chi connectivity index (χ0n) is 9.57. The second-order valence-electron chi connectivity index (χ2n) is 4.18. The lowest BCUT2D eigenvalue weighted by Crippen LogP contribution is -2.06. The summed E-state index contributed by atoms with van der Waals surface area (Å²) in [6.07, 6.45) is 1.23. The van der Waals surface area contributed by atoms with Crippen molar-refractivity contribution < 1.29 is 14.3 Å². The summed E-state index contributed by atoms with van der Waals surface area (Å²) in [7, 11) is 0. The van der Waals surface area contributed by atoms with Crippen molar-refractivity contribution in [3.05, 3.63) is 41.3 Å². The lowest BCUT2D eigenvalue weighted by Gasteiger charge is -2.13. The van der Waals surface area contributed by atoms with Gasteiger partial charge < -0.3 is 5.11 Å². The van der Waals surface area contributed by atoms with Crippen LogP contribution in [-0.4, -0.2) is 16.1 Å². The second-order valence-corrected chi connectivity index (χ2v) is 4.18. The van der Waals surface area contributed by atoms with Crippen molar-refractivity contribution in [1.29, 1.82) is 0 Å². The number of para-hydroxylation sites is 1. The van der Waals surface area contributed by atoms with E-state index in [1.165, 1.54) is 12.3 Å². The van der Waals surface area contributed by atoms with Gasteiger partial charge in [-0.15, -0.1) is 0 Å². The average molecular weight is 233 g/mol. The summed E-state index contributed by atoms with van der Waals surface area (Å²) >= 11 is 0. The highest BCUT2D eigenvalue weighted by Crippen LogP contribution is 2.28. The van der Waals surface area contributed by atoms with Gasteiger partial charge in [-0.25, -0.2) is 9.18 Å². The van der Waals surface area contributed by atoms with Crippen molar-refractivity contribution in [2.24, 2.45) is 0 Å². The number of carbonyl (C=O) groups is 1. The number of rotatable bonds is 2. The van der Waals surface area contributed by atoms with Crippen molar-refractivity contribution in [1.82, 2.24) is 4.98 Å². The second kappa shape index (κ2) is 4.13. The summed E-state index contributed by atoms with van der Waals surface area (Å²) < 4.78 is 13.6. The van der Waals surface area contributed by atoms with Gasteiger partial charge in [-0.1, -0.05) is 26.0 Å². The Balaban J connectivity index is 2.89. The van der Waals surface area contributed by atoms with Gasteiger partial charge in [0.25, 0.3) is 0 Å². The minimum atomic E-state index is -1.03. The van der Waals surface area contributed by atoms with Crippen molar-refractivity contribution >= 4 is 16.9 Å². The Morgan fingerprint density at radius 2 is 2.12 bits per heavy atom. The Labute approximate surface area is 97.9 Å². The van der Waals surface area contributed by atoms with Crippen LogP contribution in [0.15, 0.2) is 24.4 Å². The number of fused-ring (bicyclic) bond motifs is 1. The molecular weight excluding hydrogens is 221 g/mol. The molecule has 1 aromatic carbocycles. The van der Waals surface area contributed by atoms with E-state index in [4.69, 9.17) is 5.11 Å². The summed E-state index contributed by atoms with van der Waals surface area (Å²) in [5, 5.41) is 9.68. The number of hydrogen-bond acceptors (Lipinski definition) is 2. The summed E-state index contributed by atoms with van der Waals surface area (Å²) in [5.41, 5.74) is 0.987. The van der Waals surface area contributed by atoms with Crippen LogP contribution >= 0.6 is 0 Å². The van der Waals surface area contributed by atoms with Gasteiger partial charge in [-0.3, -0.25) is 4.98 Å². The summed E-state index contributed by atoms with van der Waals surface area (Å²) in [4.78, 5) is 15.0. The van der Waals surface area contributed by atoms with Crippen molar-refractivity contribution in [3.63, 3.8) is 0 Å². The molecule has 0 saturated heterocycles. The van der Waals surface area contributed by atoms with Gasteiger partial charge in [0, 0.05) is 11.6 Å². The molecule has 0 unspecified atom stereocenters. The highest BCUT2D eigenvalue weighted by Gasteiger charge is 2.18. The average Bonchev–Trinajstić information content (AvgIpc) is 2.27. The van der Waals surface area contributed by atoms with Crippen molar-refractivity contribution in [2.75, 3.05) is 0 Å². The Hall–Kier alpha value is -1.97. The molecule has 0 spiro atoms. The van der Waals surface area contributed by atoms with E-state index in [9.17, 15) is 9.18 Å². The van der Waals surface area contributed by atoms with Crippen molar-refractivity contribution in [2.45, 2.75) is 19.8 Å². The first-order chi connectivity index (χ1) is 8.02. The molecule has 0 atom stereocenters. The maximum atomic E-state index is 13.6. The van der Waals surface area contributed by atoms with Crippen LogP contribution < -0.4 is 0 Å². The molecular formula is C13H12FNO2. The number of pyridine rings is 1. The van der Waals surface area contributed by atoms with Crippen molar-refractivity contribution in [3.8, 4) is 0 Å². The molecule has 0 bridgehead atoms. The van der Waals surface area contributed by atoms with Crippen LogP contribution in [0.1, 0.15) is 35.7 Å². The van der Waals surface area contributed by atoms with Gasteiger partial charge in [0.05, 0.1) is 5.56 Å². The van der Waals surface area contributed by atoms with E-state index in [2.05, 4.69) is 4.98 Å². The fraction of sp³-hybridized carbons (Fsp3) is 0.231. The van der Waals surface area contributed by atoms with E-state index in [1.54, 1.807) is 12.1 Å². The SMILES string of the molecule is CC(C)c1c(C(=O)O)cnc2c(F)cccc12. The Morgan fingerprint density at radius 1 is 1.41 bits per heavy atom. The van der Waals surface area contributed by atoms with E-state index >= 15 is 0 Å². The largest absolute Gasteiger partial charge is 0.478 e. The van der Waals surface area contributed by atoms with Gasteiger partial charge in [0.15, 0.2) is 0 Å². The summed E-state index contributed by atoms with van der Waals surface area (Å²) in [6.45, 7) is 3.76. The lowest BCUT2D eigenvalue weighted by molar-refractivity contribution is 0.0695. The van der Waals surface area contributed by atoms with Crippen LogP contribution in [0.5, 0.6) is 0 Å². The first-order valence-corrected chi connectivity index (χ1v) is 5.32. The third kappa shape index (κ3) is 1.86. The normalized spacial score (nSPS) is 11.1. The number of aromatic carboxylic acids is 1. The number of carboxylic acid groups (broad SMARTS) is 1. The molecule has 0 saturated carbocycles. The number of halogens is 1. The summed E-state index contributed by atoms with van der Waals surface area (Å²) in [6, 6.07) is 4.59. The molecule has 0 fully saturated rings. The summed E-state index contributed by atoms with van der Waals surface area (Å²) in [5.74, 6) is -1.47. The van der Waals surface area contributed by atoms with Crippen LogP contribution in [0.2, 0.25) is 0 Å². The molecule has 0 radical (unpaired) electrons. The van der Waals surface area contributed by atoms with E-state index in [0.29, 0.717) is 10.9 Å². The molecule has 3 nitrogen and oxygen atoms in total. The smallest absolute Gasteiger partial charge is 0.337 e. The Kier molecular flexibility index (Phi) is 2.79. The molecule has 2 aromatic rings. The Bertz CT molecular complexity index is 593. The highest BCUT2D eigenvalue weighted by molar-refractivity contribution is 5.96. The van der Waals surface area contributed by atoms with Crippen LogP contribution in [0.4, 0.5) is 4.39 Å². The molecule has 0 aliphatic rings. The van der Waals surface area contributed by atoms with Gasteiger partial charge in [-0.2, -0.15) is 0 Å². The third-order valence-corrected chi connectivity index (χ3v) is 2.70. The van der Waals surface area contributed by atoms with E-state index in [-0.39, 0.29) is 17.0 Å². The molecule has 0 aliphatic carbocycles. The van der Waals surface area contributed by atoms with Gasteiger partial charge in [0.2, 0.25) is 0 Å². The predicted octanol–water partition coefficient (Wildman–Crippen LogP) is 3.20. The van der Waals surface area contributed by atoms with E-state index in [1.807, 2.05) is 13.8 Å². The minimum Gasteiger partial charge on any atom is -0.478 e. The molecule has 17 heavy (non-hydrogen) atoms. The Morgan fingerprint density at radius 3 is 2.71 bits per heavy atom. The highest BCUT2D eigenvalue weighted by atomic mass is 19.1.